The molecular formula is C18H21N3O4S2. The van der Waals surface area contributed by atoms with E-state index in [9.17, 15) is 18.0 Å². The summed E-state index contributed by atoms with van der Waals surface area (Å²) >= 11 is 1.21. The van der Waals surface area contributed by atoms with Gasteiger partial charge in [-0.2, -0.15) is 0 Å². The number of thioether (sulfide) groups is 1. The largest absolute Gasteiger partial charge is 0.325 e. The van der Waals surface area contributed by atoms with E-state index in [1.807, 2.05) is 0 Å². The Labute approximate surface area is 163 Å². The molecule has 2 rings (SSSR count). The molecule has 0 aliphatic rings. The van der Waals surface area contributed by atoms with Crippen LogP contribution in [-0.4, -0.2) is 48.7 Å². The molecule has 144 valence electrons. The van der Waals surface area contributed by atoms with Crippen LogP contribution in [0.15, 0.2) is 52.5 Å². The minimum absolute atomic E-state index is 0.0783. The normalized spacial score (nSPS) is 12.6. The van der Waals surface area contributed by atoms with Gasteiger partial charge in [-0.15, -0.1) is 0 Å². The molecule has 7 nitrogen and oxygen atoms in total. The molecule has 1 heterocycles. The predicted octanol–water partition coefficient (Wildman–Crippen LogP) is 2.65. The van der Waals surface area contributed by atoms with E-state index in [1.54, 1.807) is 37.3 Å². The van der Waals surface area contributed by atoms with Gasteiger partial charge in [-0.3, -0.25) is 9.59 Å². The van der Waals surface area contributed by atoms with Crippen molar-refractivity contribution in [2.24, 2.45) is 0 Å². The minimum Gasteiger partial charge on any atom is -0.325 e. The van der Waals surface area contributed by atoms with E-state index in [0.717, 1.165) is 4.31 Å². The third-order valence-corrected chi connectivity index (χ3v) is 6.54. The summed E-state index contributed by atoms with van der Waals surface area (Å²) in [5.41, 5.74) is 1.06. The number of sulfonamides is 1. The average molecular weight is 408 g/mol. The van der Waals surface area contributed by atoms with E-state index in [0.29, 0.717) is 16.3 Å². The van der Waals surface area contributed by atoms with Gasteiger partial charge in [0.15, 0.2) is 5.78 Å². The Morgan fingerprint density at radius 1 is 1.19 bits per heavy atom. The molecule has 27 heavy (non-hydrogen) atoms. The minimum atomic E-state index is -3.54. The van der Waals surface area contributed by atoms with E-state index in [2.05, 4.69) is 10.3 Å². The summed E-state index contributed by atoms with van der Waals surface area (Å²) in [6.45, 7) is 3.19. The number of carbonyl (C=O) groups is 2. The highest BCUT2D eigenvalue weighted by Gasteiger charge is 2.19. The molecular weight excluding hydrogens is 386 g/mol. The number of carbonyl (C=O) groups excluding carboxylic acids is 2. The molecule has 1 atom stereocenters. The number of nitrogens with zero attached hydrogens (tertiary/aromatic N) is 2. The molecule has 0 aliphatic carbocycles. The molecule has 0 saturated carbocycles. The SMILES string of the molecule is CC(=O)c1cccc(NC(=O)[C@H](C)Sc2ccc(S(=O)(=O)N(C)C)cn2)c1. The highest BCUT2D eigenvalue weighted by atomic mass is 32.2. The monoisotopic (exact) mass is 407 g/mol. The average Bonchev–Trinajstić information content (AvgIpc) is 2.62. The van der Waals surface area contributed by atoms with Crippen molar-refractivity contribution in [3.05, 3.63) is 48.2 Å². The smallest absolute Gasteiger partial charge is 0.244 e. The van der Waals surface area contributed by atoms with Gasteiger partial charge < -0.3 is 5.32 Å². The Balaban J connectivity index is 2.04. The van der Waals surface area contributed by atoms with Crippen LogP contribution in [0.5, 0.6) is 0 Å². The second-order valence-corrected chi connectivity index (χ2v) is 9.52. The number of amides is 1. The van der Waals surface area contributed by atoms with Crippen molar-refractivity contribution in [2.75, 3.05) is 19.4 Å². The second kappa shape index (κ2) is 8.64. The van der Waals surface area contributed by atoms with Crippen molar-refractivity contribution >= 4 is 39.2 Å². The topological polar surface area (TPSA) is 96.4 Å². The molecule has 1 aromatic carbocycles. The van der Waals surface area contributed by atoms with Crippen LogP contribution in [0, 0.1) is 0 Å². The molecule has 0 saturated heterocycles. The van der Waals surface area contributed by atoms with Gasteiger partial charge in [-0.25, -0.2) is 17.7 Å². The lowest BCUT2D eigenvalue weighted by Gasteiger charge is -2.13. The number of hydrogen-bond donors (Lipinski definition) is 1. The van der Waals surface area contributed by atoms with Crippen molar-refractivity contribution in [3.63, 3.8) is 0 Å². The van der Waals surface area contributed by atoms with Gasteiger partial charge in [-0.05, 0) is 38.1 Å². The number of aromatic nitrogens is 1. The van der Waals surface area contributed by atoms with Crippen LogP contribution in [0.1, 0.15) is 24.2 Å². The van der Waals surface area contributed by atoms with Gasteiger partial charge in [-0.1, -0.05) is 23.9 Å². The molecule has 2 aromatic rings. The van der Waals surface area contributed by atoms with Crippen LogP contribution < -0.4 is 5.32 Å². The first-order valence-electron chi connectivity index (χ1n) is 8.08. The van der Waals surface area contributed by atoms with Gasteiger partial charge in [0.1, 0.15) is 4.90 Å². The van der Waals surface area contributed by atoms with Crippen LogP contribution in [-0.2, 0) is 14.8 Å². The van der Waals surface area contributed by atoms with Crippen molar-refractivity contribution in [2.45, 2.75) is 29.0 Å². The Hall–Kier alpha value is -2.23. The zero-order valence-corrected chi connectivity index (χ0v) is 17.1. The molecule has 0 bridgehead atoms. The molecule has 0 radical (unpaired) electrons. The first-order chi connectivity index (χ1) is 12.6. The van der Waals surface area contributed by atoms with Gasteiger partial charge in [0.05, 0.1) is 10.3 Å². The second-order valence-electron chi connectivity index (χ2n) is 6.01. The highest BCUT2D eigenvalue weighted by Crippen LogP contribution is 2.24. The third kappa shape index (κ3) is 5.38. The van der Waals surface area contributed by atoms with Crippen molar-refractivity contribution in [3.8, 4) is 0 Å². The Morgan fingerprint density at radius 3 is 2.44 bits per heavy atom. The van der Waals surface area contributed by atoms with Gasteiger partial charge in [0, 0.05) is 31.5 Å². The fourth-order valence-corrected chi connectivity index (χ4v) is 3.73. The summed E-state index contributed by atoms with van der Waals surface area (Å²) in [4.78, 5) is 28.0. The van der Waals surface area contributed by atoms with Gasteiger partial charge >= 0.3 is 0 Å². The lowest BCUT2D eigenvalue weighted by molar-refractivity contribution is -0.115. The zero-order chi connectivity index (χ0) is 20.2. The maximum absolute atomic E-state index is 12.4. The molecule has 9 heteroatoms. The number of benzene rings is 1. The van der Waals surface area contributed by atoms with Crippen LogP contribution in [0.25, 0.3) is 0 Å². The first-order valence-corrected chi connectivity index (χ1v) is 10.4. The summed E-state index contributed by atoms with van der Waals surface area (Å²) in [7, 11) is -0.636. The summed E-state index contributed by atoms with van der Waals surface area (Å²) < 4.78 is 25.2. The summed E-state index contributed by atoms with van der Waals surface area (Å²) in [5, 5.41) is 2.84. The van der Waals surface area contributed by atoms with Crippen molar-refractivity contribution in [1.82, 2.24) is 9.29 Å². The van der Waals surface area contributed by atoms with E-state index in [1.165, 1.54) is 45.0 Å². The summed E-state index contributed by atoms with van der Waals surface area (Å²) in [6.07, 6.45) is 1.28. The maximum atomic E-state index is 12.4. The van der Waals surface area contributed by atoms with E-state index < -0.39 is 15.3 Å². The van der Waals surface area contributed by atoms with Gasteiger partial charge in [0.25, 0.3) is 0 Å². The number of rotatable bonds is 7. The quantitative estimate of drug-likeness (QED) is 0.560. The number of anilines is 1. The number of Topliss-reactive ketones (excluding diaryl/α,β-unsaturated/α-hetero) is 1. The molecule has 1 aromatic heterocycles. The Bertz CT molecular complexity index is 941. The number of nitrogens with one attached hydrogen (secondary N) is 1. The van der Waals surface area contributed by atoms with E-state index in [4.69, 9.17) is 0 Å². The number of ketones is 1. The number of hydrogen-bond acceptors (Lipinski definition) is 6. The highest BCUT2D eigenvalue weighted by molar-refractivity contribution is 8.00. The van der Waals surface area contributed by atoms with Crippen molar-refractivity contribution in [1.29, 1.82) is 0 Å². The fourth-order valence-electron chi connectivity index (χ4n) is 2.09. The summed E-state index contributed by atoms with van der Waals surface area (Å²) in [5.74, 6) is -0.321. The third-order valence-electron chi connectivity index (χ3n) is 3.69. The molecule has 0 spiro atoms. The van der Waals surface area contributed by atoms with Crippen LogP contribution in [0.3, 0.4) is 0 Å². The molecule has 0 fully saturated rings. The molecule has 0 unspecified atom stereocenters. The molecule has 0 aliphatic heterocycles. The first kappa shape index (κ1) is 21.1. The zero-order valence-electron chi connectivity index (χ0n) is 15.5. The predicted molar refractivity (Wildman–Crippen MR) is 106 cm³/mol. The van der Waals surface area contributed by atoms with E-state index in [-0.39, 0.29) is 16.6 Å². The van der Waals surface area contributed by atoms with Crippen LogP contribution in [0.4, 0.5) is 5.69 Å². The van der Waals surface area contributed by atoms with Crippen molar-refractivity contribution < 1.29 is 18.0 Å². The van der Waals surface area contributed by atoms with Crippen LogP contribution >= 0.6 is 11.8 Å². The van der Waals surface area contributed by atoms with Gasteiger partial charge in [0.2, 0.25) is 15.9 Å². The maximum Gasteiger partial charge on any atom is 0.244 e. The van der Waals surface area contributed by atoms with Crippen LogP contribution in [0.2, 0.25) is 0 Å². The number of pyridine rings is 1. The lowest BCUT2D eigenvalue weighted by Crippen LogP contribution is -2.23. The molecule has 1 amide bonds. The Kier molecular flexibility index (Phi) is 6.74. The summed E-state index contributed by atoms with van der Waals surface area (Å²) in [6, 6.07) is 9.75. The fraction of sp³-hybridized carbons (Fsp3) is 0.278. The lowest BCUT2D eigenvalue weighted by atomic mass is 10.1. The van der Waals surface area contributed by atoms with E-state index >= 15 is 0 Å². The molecule has 1 N–H and O–H groups in total. The standard InChI is InChI=1S/C18H21N3O4S2/c1-12(22)14-6-5-7-15(10-14)20-18(23)13(2)26-17-9-8-16(11-19-17)27(24,25)21(3)4/h5-11,13H,1-4H3,(H,20,23)/t13-/m0/s1. The Morgan fingerprint density at radius 2 is 1.89 bits per heavy atom.